The van der Waals surface area contributed by atoms with Gasteiger partial charge in [-0.05, 0) is 24.8 Å². The fourth-order valence-electron chi connectivity index (χ4n) is 2.86. The highest BCUT2D eigenvalue weighted by Gasteiger charge is 2.33. The van der Waals surface area contributed by atoms with Crippen LogP contribution in [0, 0.1) is 5.41 Å². The van der Waals surface area contributed by atoms with E-state index in [2.05, 4.69) is 4.98 Å². The summed E-state index contributed by atoms with van der Waals surface area (Å²) in [6.45, 7) is 1.23. The predicted octanol–water partition coefficient (Wildman–Crippen LogP) is 3.24. The summed E-state index contributed by atoms with van der Waals surface area (Å²) in [7, 11) is 1.86. The number of nitrogens with zero attached hydrogens (tertiary/aromatic N) is 2. The molecular weight excluding hydrogens is 329 g/mol. The monoisotopic (exact) mass is 353 g/mol. The molecule has 7 heteroatoms. The lowest BCUT2D eigenvalue weighted by atomic mass is 9.71. The summed E-state index contributed by atoms with van der Waals surface area (Å²) in [5.74, 6) is 0.195. The lowest BCUT2D eigenvalue weighted by Crippen LogP contribution is -2.39. The fourth-order valence-corrected chi connectivity index (χ4v) is 3.41. The fraction of sp³-hybridized carbons (Fsp3) is 0.714. The summed E-state index contributed by atoms with van der Waals surface area (Å²) in [6, 6.07) is 0. The van der Waals surface area contributed by atoms with Crippen molar-refractivity contribution >= 4 is 42.1 Å². The molecule has 1 fully saturated rings. The van der Waals surface area contributed by atoms with Crippen molar-refractivity contribution in [2.24, 2.45) is 11.1 Å². The van der Waals surface area contributed by atoms with E-state index in [1.165, 1.54) is 19.3 Å². The number of thiazole rings is 1. The van der Waals surface area contributed by atoms with Crippen LogP contribution in [0.2, 0.25) is 0 Å². The SMILES string of the molecule is CN(Cc1cscn1)C(=O)CC1(CN)CCCCC1.Cl.Cl. The van der Waals surface area contributed by atoms with Gasteiger partial charge in [-0.2, -0.15) is 0 Å². The summed E-state index contributed by atoms with van der Waals surface area (Å²) >= 11 is 1.56. The number of nitrogens with two attached hydrogens (primary N) is 1. The lowest BCUT2D eigenvalue weighted by Gasteiger charge is -2.36. The molecule has 0 aromatic carbocycles. The van der Waals surface area contributed by atoms with Crippen molar-refractivity contribution < 1.29 is 4.79 Å². The van der Waals surface area contributed by atoms with Crippen LogP contribution in [-0.4, -0.2) is 29.4 Å². The van der Waals surface area contributed by atoms with Gasteiger partial charge in [-0.3, -0.25) is 4.79 Å². The van der Waals surface area contributed by atoms with Crippen molar-refractivity contribution in [1.29, 1.82) is 0 Å². The van der Waals surface area contributed by atoms with Crippen LogP contribution >= 0.6 is 36.2 Å². The standard InChI is InChI=1S/C14H23N3OS.2ClH/c1-17(8-12-9-19-11-16-12)13(18)7-14(10-15)5-3-2-4-6-14;;/h9,11H,2-8,10,15H2,1H3;2*1H. The minimum absolute atomic E-state index is 0. The van der Waals surface area contributed by atoms with Gasteiger partial charge < -0.3 is 10.6 Å². The smallest absolute Gasteiger partial charge is 0.223 e. The van der Waals surface area contributed by atoms with E-state index < -0.39 is 0 Å². The Labute approximate surface area is 143 Å². The Balaban J connectivity index is 0.00000200. The van der Waals surface area contributed by atoms with Crippen LogP contribution in [0.4, 0.5) is 0 Å². The molecule has 0 radical (unpaired) electrons. The molecule has 1 aliphatic carbocycles. The minimum Gasteiger partial charge on any atom is -0.340 e. The Hall–Kier alpha value is -0.360. The van der Waals surface area contributed by atoms with Gasteiger partial charge in [0.1, 0.15) is 0 Å². The van der Waals surface area contributed by atoms with Crippen LogP contribution in [0.1, 0.15) is 44.2 Å². The highest BCUT2D eigenvalue weighted by atomic mass is 35.5. The zero-order valence-corrected chi connectivity index (χ0v) is 14.9. The number of carbonyl (C=O) groups excluding carboxylic acids is 1. The van der Waals surface area contributed by atoms with E-state index in [1.807, 2.05) is 12.4 Å². The number of amides is 1. The molecule has 4 nitrogen and oxygen atoms in total. The number of halogens is 2. The molecule has 0 aliphatic heterocycles. The molecular formula is C14H25Cl2N3OS. The molecule has 21 heavy (non-hydrogen) atoms. The zero-order valence-electron chi connectivity index (χ0n) is 12.4. The van der Waals surface area contributed by atoms with Crippen molar-refractivity contribution in [3.8, 4) is 0 Å². The third-order valence-electron chi connectivity index (χ3n) is 4.18. The highest BCUT2D eigenvalue weighted by molar-refractivity contribution is 7.07. The summed E-state index contributed by atoms with van der Waals surface area (Å²) in [4.78, 5) is 18.3. The first kappa shape index (κ1) is 20.6. The second-order valence-electron chi connectivity index (χ2n) is 5.67. The molecule has 0 atom stereocenters. The van der Waals surface area contributed by atoms with Crippen molar-refractivity contribution in [1.82, 2.24) is 9.88 Å². The summed E-state index contributed by atoms with van der Waals surface area (Å²) in [5.41, 5.74) is 8.75. The highest BCUT2D eigenvalue weighted by Crippen LogP contribution is 2.38. The molecule has 0 spiro atoms. The second-order valence-corrected chi connectivity index (χ2v) is 6.39. The maximum Gasteiger partial charge on any atom is 0.223 e. The number of rotatable bonds is 5. The van der Waals surface area contributed by atoms with Gasteiger partial charge in [-0.25, -0.2) is 4.98 Å². The predicted molar refractivity (Wildman–Crippen MR) is 92.3 cm³/mol. The molecule has 1 heterocycles. The quantitative estimate of drug-likeness (QED) is 0.883. The lowest BCUT2D eigenvalue weighted by molar-refractivity contribution is -0.133. The molecule has 1 amide bonds. The third-order valence-corrected chi connectivity index (χ3v) is 4.82. The van der Waals surface area contributed by atoms with Gasteiger partial charge in [0.05, 0.1) is 17.7 Å². The van der Waals surface area contributed by atoms with Crippen molar-refractivity contribution in [3.05, 3.63) is 16.6 Å². The van der Waals surface area contributed by atoms with Gasteiger partial charge in [0.25, 0.3) is 0 Å². The second kappa shape index (κ2) is 9.62. The van der Waals surface area contributed by atoms with Gasteiger partial charge in [-0.15, -0.1) is 36.2 Å². The molecule has 1 aromatic heterocycles. The Bertz CT molecular complexity index is 408. The Morgan fingerprint density at radius 2 is 2.05 bits per heavy atom. The first-order chi connectivity index (χ1) is 9.15. The first-order valence-corrected chi connectivity index (χ1v) is 7.91. The summed E-state index contributed by atoms with van der Waals surface area (Å²) < 4.78 is 0. The molecule has 2 N–H and O–H groups in total. The molecule has 0 unspecified atom stereocenters. The zero-order chi connectivity index (χ0) is 13.7. The normalized spacial score (nSPS) is 16.5. The Kier molecular flexibility index (Phi) is 9.45. The average molecular weight is 354 g/mol. The van der Waals surface area contributed by atoms with E-state index in [0.29, 0.717) is 19.5 Å². The van der Waals surface area contributed by atoms with Gasteiger partial charge in [0, 0.05) is 18.8 Å². The summed E-state index contributed by atoms with van der Waals surface area (Å²) in [5, 5.41) is 1.99. The van der Waals surface area contributed by atoms with E-state index in [9.17, 15) is 4.79 Å². The van der Waals surface area contributed by atoms with E-state index in [1.54, 1.807) is 21.7 Å². The molecule has 1 aromatic rings. The van der Waals surface area contributed by atoms with E-state index in [0.717, 1.165) is 18.5 Å². The van der Waals surface area contributed by atoms with E-state index in [4.69, 9.17) is 5.73 Å². The van der Waals surface area contributed by atoms with Crippen LogP contribution in [0.25, 0.3) is 0 Å². The number of aromatic nitrogens is 1. The average Bonchev–Trinajstić information content (AvgIpc) is 2.92. The maximum absolute atomic E-state index is 12.3. The number of hydrogen-bond donors (Lipinski definition) is 1. The van der Waals surface area contributed by atoms with Crippen molar-refractivity contribution in [2.75, 3.05) is 13.6 Å². The molecule has 1 saturated carbocycles. The topological polar surface area (TPSA) is 59.2 Å². The van der Waals surface area contributed by atoms with Gasteiger partial charge in [-0.1, -0.05) is 19.3 Å². The molecule has 2 rings (SSSR count). The van der Waals surface area contributed by atoms with Crippen molar-refractivity contribution in [3.63, 3.8) is 0 Å². The number of hydrogen-bond acceptors (Lipinski definition) is 4. The molecule has 0 saturated heterocycles. The van der Waals surface area contributed by atoms with Gasteiger partial charge >= 0.3 is 0 Å². The van der Waals surface area contributed by atoms with Crippen LogP contribution in [0.15, 0.2) is 10.9 Å². The minimum atomic E-state index is 0. The largest absolute Gasteiger partial charge is 0.340 e. The molecule has 0 bridgehead atoms. The van der Waals surface area contributed by atoms with Crippen LogP contribution < -0.4 is 5.73 Å². The number of carbonyl (C=O) groups is 1. The summed E-state index contributed by atoms with van der Waals surface area (Å²) in [6.07, 6.45) is 6.48. The van der Waals surface area contributed by atoms with Crippen LogP contribution in [0.5, 0.6) is 0 Å². The van der Waals surface area contributed by atoms with Crippen molar-refractivity contribution in [2.45, 2.75) is 45.1 Å². The van der Waals surface area contributed by atoms with Gasteiger partial charge in [0.2, 0.25) is 5.91 Å². The van der Waals surface area contributed by atoms with E-state index >= 15 is 0 Å². The third kappa shape index (κ3) is 5.74. The van der Waals surface area contributed by atoms with Gasteiger partial charge in [0.15, 0.2) is 0 Å². The van der Waals surface area contributed by atoms with Crippen LogP contribution in [0.3, 0.4) is 0 Å². The maximum atomic E-state index is 12.3. The van der Waals surface area contributed by atoms with E-state index in [-0.39, 0.29) is 36.1 Å². The Morgan fingerprint density at radius 1 is 1.38 bits per heavy atom. The molecule has 122 valence electrons. The Morgan fingerprint density at radius 3 is 2.57 bits per heavy atom. The first-order valence-electron chi connectivity index (χ1n) is 6.96. The molecule has 1 aliphatic rings. The van der Waals surface area contributed by atoms with Crippen LogP contribution in [-0.2, 0) is 11.3 Å².